The van der Waals surface area contributed by atoms with Crippen LogP contribution in [0.25, 0.3) is 0 Å². The van der Waals surface area contributed by atoms with Crippen LogP contribution in [0.15, 0.2) is 12.3 Å². The summed E-state index contributed by atoms with van der Waals surface area (Å²) in [5.74, 6) is 0.646. The lowest BCUT2D eigenvalue weighted by Gasteiger charge is -2.31. The fourth-order valence-electron chi connectivity index (χ4n) is 2.22. The summed E-state index contributed by atoms with van der Waals surface area (Å²) < 4.78 is 5.90. The van der Waals surface area contributed by atoms with E-state index >= 15 is 0 Å². The van der Waals surface area contributed by atoms with Crippen molar-refractivity contribution in [3.05, 3.63) is 17.8 Å². The van der Waals surface area contributed by atoms with Gasteiger partial charge in [0, 0.05) is 12.1 Å². The van der Waals surface area contributed by atoms with E-state index in [4.69, 9.17) is 4.74 Å². The van der Waals surface area contributed by atoms with Gasteiger partial charge in [0.15, 0.2) is 0 Å². The largest absolute Gasteiger partial charge is 0.472 e. The predicted molar refractivity (Wildman–Crippen MR) is 62.5 cm³/mol. The van der Waals surface area contributed by atoms with Gasteiger partial charge in [-0.1, -0.05) is 6.42 Å². The van der Waals surface area contributed by atoms with E-state index in [1.807, 2.05) is 20.0 Å². The maximum absolute atomic E-state index is 5.90. The molecule has 1 aliphatic carbocycles. The van der Waals surface area contributed by atoms with Crippen molar-refractivity contribution in [3.8, 4) is 5.88 Å². The van der Waals surface area contributed by atoms with E-state index in [0.29, 0.717) is 11.9 Å². The summed E-state index contributed by atoms with van der Waals surface area (Å²) in [5, 5.41) is 11.2. The molecule has 4 heteroatoms. The Morgan fingerprint density at radius 2 is 2.19 bits per heavy atom. The molecule has 0 amide bonds. The maximum atomic E-state index is 5.90. The Bertz CT molecular complexity index is 343. The highest BCUT2D eigenvalue weighted by Crippen LogP contribution is 2.22. The highest BCUT2D eigenvalue weighted by Gasteiger charge is 2.25. The minimum atomic E-state index is 0.231. The van der Waals surface area contributed by atoms with Crippen molar-refractivity contribution in [2.75, 3.05) is 7.05 Å². The average Bonchev–Trinajstić information content (AvgIpc) is 2.30. The zero-order valence-corrected chi connectivity index (χ0v) is 9.94. The summed E-state index contributed by atoms with van der Waals surface area (Å²) >= 11 is 0. The van der Waals surface area contributed by atoms with Crippen LogP contribution < -0.4 is 10.1 Å². The number of aryl methyl sites for hydroxylation is 1. The number of nitrogens with one attached hydrogen (secondary N) is 1. The summed E-state index contributed by atoms with van der Waals surface area (Å²) in [7, 11) is 1.99. The molecule has 0 aromatic carbocycles. The Morgan fingerprint density at radius 1 is 1.38 bits per heavy atom. The third-order valence-corrected chi connectivity index (χ3v) is 3.11. The van der Waals surface area contributed by atoms with Gasteiger partial charge in [0.05, 0.1) is 6.20 Å². The highest BCUT2D eigenvalue weighted by molar-refractivity contribution is 5.15. The molecule has 1 fully saturated rings. The van der Waals surface area contributed by atoms with Crippen LogP contribution in [0, 0.1) is 6.92 Å². The van der Waals surface area contributed by atoms with Gasteiger partial charge in [0.1, 0.15) is 6.10 Å². The van der Waals surface area contributed by atoms with Crippen LogP contribution in [0.2, 0.25) is 0 Å². The van der Waals surface area contributed by atoms with Crippen LogP contribution in [0.3, 0.4) is 0 Å². The molecule has 0 spiro atoms. The Kier molecular flexibility index (Phi) is 3.72. The molecule has 0 aliphatic heterocycles. The number of hydrogen-bond acceptors (Lipinski definition) is 4. The number of hydrogen-bond donors (Lipinski definition) is 1. The summed E-state index contributed by atoms with van der Waals surface area (Å²) in [4.78, 5) is 0. The van der Waals surface area contributed by atoms with Gasteiger partial charge in [-0.05, 0) is 38.8 Å². The first kappa shape index (κ1) is 11.3. The van der Waals surface area contributed by atoms with Gasteiger partial charge in [-0.2, -0.15) is 5.10 Å². The second-order valence-corrected chi connectivity index (χ2v) is 4.41. The molecule has 16 heavy (non-hydrogen) atoms. The van der Waals surface area contributed by atoms with Gasteiger partial charge >= 0.3 is 0 Å². The Balaban J connectivity index is 2.02. The Hall–Kier alpha value is -1.16. The van der Waals surface area contributed by atoms with Crippen LogP contribution >= 0.6 is 0 Å². The average molecular weight is 221 g/mol. The number of likely N-dealkylation sites (N-methyl/N-ethyl adjacent to an activating group) is 1. The molecular weight excluding hydrogens is 202 g/mol. The molecule has 2 atom stereocenters. The number of nitrogens with zero attached hydrogens (tertiary/aromatic N) is 2. The van der Waals surface area contributed by atoms with E-state index in [2.05, 4.69) is 15.5 Å². The van der Waals surface area contributed by atoms with E-state index in [-0.39, 0.29) is 6.10 Å². The maximum Gasteiger partial charge on any atom is 0.233 e. The third kappa shape index (κ3) is 2.70. The Morgan fingerprint density at radius 3 is 2.94 bits per heavy atom. The zero-order valence-electron chi connectivity index (χ0n) is 9.94. The van der Waals surface area contributed by atoms with E-state index in [1.165, 1.54) is 19.3 Å². The molecule has 2 unspecified atom stereocenters. The molecule has 1 aliphatic rings. The molecule has 2 rings (SSSR count). The molecule has 4 nitrogen and oxygen atoms in total. The van der Waals surface area contributed by atoms with Crippen molar-refractivity contribution >= 4 is 0 Å². The first-order valence-corrected chi connectivity index (χ1v) is 5.93. The van der Waals surface area contributed by atoms with E-state index in [0.717, 1.165) is 12.0 Å². The number of ether oxygens (including phenoxy) is 1. The lowest BCUT2D eigenvalue weighted by molar-refractivity contribution is 0.111. The minimum Gasteiger partial charge on any atom is -0.472 e. The number of aromatic nitrogens is 2. The SMILES string of the molecule is CNC1CCCCC1Oc1cc(C)cnn1. The quantitative estimate of drug-likeness (QED) is 0.843. The lowest BCUT2D eigenvalue weighted by Crippen LogP contribution is -2.43. The topological polar surface area (TPSA) is 47.0 Å². The second kappa shape index (κ2) is 5.25. The minimum absolute atomic E-state index is 0.231. The van der Waals surface area contributed by atoms with Gasteiger partial charge in [0.25, 0.3) is 0 Å². The molecule has 0 radical (unpaired) electrons. The molecule has 1 saturated carbocycles. The molecule has 1 N–H and O–H groups in total. The fraction of sp³-hybridized carbons (Fsp3) is 0.667. The standard InChI is InChI=1S/C12H19N3O/c1-9-7-12(15-14-8-9)16-11-6-4-3-5-10(11)13-2/h7-8,10-11,13H,3-6H2,1-2H3. The van der Waals surface area contributed by atoms with Crippen molar-refractivity contribution in [1.29, 1.82) is 0 Å². The van der Waals surface area contributed by atoms with Gasteiger partial charge < -0.3 is 10.1 Å². The molecule has 1 heterocycles. The van der Waals surface area contributed by atoms with Crippen LogP contribution in [0.1, 0.15) is 31.2 Å². The summed E-state index contributed by atoms with van der Waals surface area (Å²) in [6, 6.07) is 2.38. The van der Waals surface area contributed by atoms with Crippen molar-refractivity contribution in [3.63, 3.8) is 0 Å². The van der Waals surface area contributed by atoms with Gasteiger partial charge in [-0.15, -0.1) is 5.10 Å². The van der Waals surface area contributed by atoms with Crippen molar-refractivity contribution in [2.24, 2.45) is 0 Å². The number of rotatable bonds is 3. The third-order valence-electron chi connectivity index (χ3n) is 3.11. The second-order valence-electron chi connectivity index (χ2n) is 4.41. The van der Waals surface area contributed by atoms with Crippen LogP contribution in [-0.4, -0.2) is 29.4 Å². The summed E-state index contributed by atoms with van der Waals surface area (Å²) in [5.41, 5.74) is 1.09. The molecule has 1 aromatic heterocycles. The summed E-state index contributed by atoms with van der Waals surface area (Å²) in [6.07, 6.45) is 6.77. The van der Waals surface area contributed by atoms with Crippen molar-refractivity contribution < 1.29 is 4.74 Å². The molecule has 0 saturated heterocycles. The van der Waals surface area contributed by atoms with Crippen LogP contribution in [0.5, 0.6) is 5.88 Å². The van der Waals surface area contributed by atoms with E-state index < -0.39 is 0 Å². The van der Waals surface area contributed by atoms with E-state index in [1.54, 1.807) is 6.20 Å². The predicted octanol–water partition coefficient (Wildman–Crippen LogP) is 1.69. The Labute approximate surface area is 96.4 Å². The zero-order chi connectivity index (χ0) is 11.4. The van der Waals surface area contributed by atoms with Crippen LogP contribution in [0.4, 0.5) is 0 Å². The van der Waals surface area contributed by atoms with Gasteiger partial charge in [-0.25, -0.2) is 0 Å². The lowest BCUT2D eigenvalue weighted by atomic mass is 9.92. The summed E-state index contributed by atoms with van der Waals surface area (Å²) in [6.45, 7) is 2.00. The first-order valence-electron chi connectivity index (χ1n) is 5.93. The smallest absolute Gasteiger partial charge is 0.233 e. The normalized spacial score (nSPS) is 25.4. The monoisotopic (exact) mass is 221 g/mol. The van der Waals surface area contributed by atoms with Crippen molar-refractivity contribution in [1.82, 2.24) is 15.5 Å². The molecular formula is C12H19N3O. The van der Waals surface area contributed by atoms with Crippen molar-refractivity contribution in [2.45, 2.75) is 44.8 Å². The molecule has 88 valence electrons. The fourth-order valence-corrected chi connectivity index (χ4v) is 2.22. The molecule has 0 bridgehead atoms. The van der Waals surface area contributed by atoms with Gasteiger partial charge in [0.2, 0.25) is 5.88 Å². The van der Waals surface area contributed by atoms with Crippen LogP contribution in [-0.2, 0) is 0 Å². The van der Waals surface area contributed by atoms with E-state index in [9.17, 15) is 0 Å². The highest BCUT2D eigenvalue weighted by atomic mass is 16.5. The molecule has 1 aromatic rings. The van der Waals surface area contributed by atoms with Gasteiger partial charge in [-0.3, -0.25) is 0 Å². The first-order chi connectivity index (χ1) is 7.79.